The molecule has 0 N–H and O–H groups in total. The summed E-state index contributed by atoms with van der Waals surface area (Å²) in [7, 11) is 0. The number of rotatable bonds is 0. The zero-order valence-electron chi connectivity index (χ0n) is 7.68. The number of carbonyl (C=O) groups is 1. The third kappa shape index (κ3) is 1.39. The number of benzene rings is 1. The van der Waals surface area contributed by atoms with E-state index >= 15 is 0 Å². The molecule has 0 aromatic heterocycles. The number of amides is 1. The van der Waals surface area contributed by atoms with Crippen LogP contribution in [0.2, 0.25) is 10.0 Å². The molecule has 1 aliphatic rings. The van der Waals surface area contributed by atoms with E-state index in [1.54, 1.807) is 17.9 Å². The number of anilines is 1. The predicted molar refractivity (Wildman–Crippen MR) is 58.2 cm³/mol. The van der Waals surface area contributed by atoms with Gasteiger partial charge in [-0.15, -0.1) is 0 Å². The van der Waals surface area contributed by atoms with Gasteiger partial charge in [-0.25, -0.2) is 0 Å². The number of halogens is 2. The average molecular weight is 230 g/mol. The molecule has 0 aliphatic carbocycles. The summed E-state index contributed by atoms with van der Waals surface area (Å²) in [6.45, 7) is 2.25. The highest BCUT2D eigenvalue weighted by Crippen LogP contribution is 2.37. The van der Waals surface area contributed by atoms with Crippen LogP contribution in [0, 0.1) is 0 Å². The molecule has 2 rings (SSSR count). The molecule has 0 fully saturated rings. The lowest BCUT2D eigenvalue weighted by Crippen LogP contribution is -2.25. The molecule has 1 aromatic carbocycles. The molecule has 0 bridgehead atoms. The molecular formula is C10H9Cl2NO. The van der Waals surface area contributed by atoms with E-state index in [4.69, 9.17) is 23.2 Å². The molecule has 1 amide bonds. The van der Waals surface area contributed by atoms with Gasteiger partial charge in [0, 0.05) is 19.2 Å². The third-order valence-corrected chi connectivity index (χ3v) is 3.27. The van der Waals surface area contributed by atoms with Gasteiger partial charge in [-0.2, -0.15) is 0 Å². The lowest BCUT2D eigenvalue weighted by atomic mass is 10.2. The molecule has 1 aromatic rings. The average Bonchev–Trinajstić information content (AvgIpc) is 2.55. The van der Waals surface area contributed by atoms with Gasteiger partial charge in [0.05, 0.1) is 10.0 Å². The second-order valence-corrected chi connectivity index (χ2v) is 4.06. The maximum atomic E-state index is 11.3. The maximum Gasteiger partial charge on any atom is 0.223 e. The van der Waals surface area contributed by atoms with Gasteiger partial charge in [0.1, 0.15) is 0 Å². The van der Waals surface area contributed by atoms with Gasteiger partial charge in [0.25, 0.3) is 0 Å². The van der Waals surface area contributed by atoms with E-state index in [2.05, 4.69) is 0 Å². The summed E-state index contributed by atoms with van der Waals surface area (Å²) in [4.78, 5) is 13.0. The molecule has 1 heterocycles. The van der Waals surface area contributed by atoms with Crippen molar-refractivity contribution in [2.24, 2.45) is 0 Å². The van der Waals surface area contributed by atoms with Gasteiger partial charge in [0.2, 0.25) is 5.91 Å². The lowest BCUT2D eigenvalue weighted by molar-refractivity contribution is -0.116. The van der Waals surface area contributed by atoms with Crippen molar-refractivity contribution in [3.05, 3.63) is 27.7 Å². The van der Waals surface area contributed by atoms with Crippen molar-refractivity contribution >= 4 is 34.8 Å². The van der Waals surface area contributed by atoms with Gasteiger partial charge < -0.3 is 4.90 Å². The van der Waals surface area contributed by atoms with Gasteiger partial charge in [-0.05, 0) is 24.1 Å². The first-order valence-corrected chi connectivity index (χ1v) is 5.12. The second-order valence-electron chi connectivity index (χ2n) is 3.28. The Kier molecular flexibility index (Phi) is 2.41. The first kappa shape index (κ1) is 9.81. The molecule has 1 aliphatic heterocycles. The van der Waals surface area contributed by atoms with Crippen molar-refractivity contribution in [2.45, 2.75) is 13.3 Å². The van der Waals surface area contributed by atoms with Crippen LogP contribution >= 0.6 is 23.2 Å². The van der Waals surface area contributed by atoms with E-state index in [-0.39, 0.29) is 5.91 Å². The summed E-state index contributed by atoms with van der Waals surface area (Å²) in [5, 5.41) is 1.13. The molecule has 0 radical (unpaired) electrons. The van der Waals surface area contributed by atoms with Crippen LogP contribution in [0.5, 0.6) is 0 Å². The van der Waals surface area contributed by atoms with Crippen LogP contribution in [0.1, 0.15) is 12.5 Å². The van der Waals surface area contributed by atoms with Crippen molar-refractivity contribution in [1.82, 2.24) is 0 Å². The van der Waals surface area contributed by atoms with Gasteiger partial charge in [0.15, 0.2) is 0 Å². The standard InChI is InChI=1S/C10H9Cl2NO/c1-6(14)13-5-4-7-9(13)3-2-8(11)10(7)12/h2-3H,4-5H2,1H3. The Balaban J connectivity index is 2.53. The molecular weight excluding hydrogens is 221 g/mol. The molecule has 74 valence electrons. The van der Waals surface area contributed by atoms with Crippen LogP contribution < -0.4 is 4.90 Å². The number of hydrogen-bond donors (Lipinski definition) is 0. The molecule has 0 saturated heterocycles. The van der Waals surface area contributed by atoms with Gasteiger partial charge in [-0.3, -0.25) is 4.79 Å². The molecule has 0 atom stereocenters. The quantitative estimate of drug-likeness (QED) is 0.671. The topological polar surface area (TPSA) is 20.3 Å². The molecule has 0 spiro atoms. The Morgan fingerprint density at radius 1 is 1.43 bits per heavy atom. The van der Waals surface area contributed by atoms with Crippen LogP contribution in [0.15, 0.2) is 12.1 Å². The fraction of sp³-hybridized carbons (Fsp3) is 0.300. The van der Waals surface area contributed by atoms with Gasteiger partial charge >= 0.3 is 0 Å². The summed E-state index contributed by atoms with van der Waals surface area (Å²) in [5.74, 6) is 0.0436. The first-order chi connectivity index (χ1) is 6.61. The minimum absolute atomic E-state index is 0.0436. The number of nitrogens with zero attached hydrogens (tertiary/aromatic N) is 1. The monoisotopic (exact) mass is 229 g/mol. The van der Waals surface area contributed by atoms with Gasteiger partial charge in [-0.1, -0.05) is 23.2 Å². The van der Waals surface area contributed by atoms with Crippen molar-refractivity contribution in [2.75, 3.05) is 11.4 Å². The fourth-order valence-corrected chi connectivity index (χ4v) is 2.18. The van der Waals surface area contributed by atoms with E-state index in [0.717, 1.165) is 17.7 Å². The zero-order valence-corrected chi connectivity index (χ0v) is 9.19. The summed E-state index contributed by atoms with van der Waals surface area (Å²) >= 11 is 11.9. The fourth-order valence-electron chi connectivity index (χ4n) is 1.74. The molecule has 0 unspecified atom stereocenters. The largest absolute Gasteiger partial charge is 0.312 e. The minimum atomic E-state index is 0.0436. The molecule has 2 nitrogen and oxygen atoms in total. The van der Waals surface area contributed by atoms with Crippen molar-refractivity contribution < 1.29 is 4.79 Å². The van der Waals surface area contributed by atoms with Crippen LogP contribution in [-0.2, 0) is 11.2 Å². The number of fused-ring (bicyclic) bond motifs is 1. The highest BCUT2D eigenvalue weighted by atomic mass is 35.5. The third-order valence-electron chi connectivity index (χ3n) is 2.43. The highest BCUT2D eigenvalue weighted by Gasteiger charge is 2.24. The van der Waals surface area contributed by atoms with Crippen molar-refractivity contribution in [1.29, 1.82) is 0 Å². The highest BCUT2D eigenvalue weighted by molar-refractivity contribution is 6.42. The number of carbonyl (C=O) groups excluding carboxylic acids is 1. The Morgan fingerprint density at radius 3 is 2.79 bits per heavy atom. The Morgan fingerprint density at radius 2 is 2.14 bits per heavy atom. The maximum absolute atomic E-state index is 11.3. The van der Waals surface area contributed by atoms with Crippen LogP contribution in [0.25, 0.3) is 0 Å². The summed E-state index contributed by atoms with van der Waals surface area (Å²) in [5.41, 5.74) is 1.88. The summed E-state index contributed by atoms with van der Waals surface area (Å²) in [6, 6.07) is 3.57. The SMILES string of the molecule is CC(=O)N1CCc2c1ccc(Cl)c2Cl. The molecule has 0 saturated carbocycles. The predicted octanol–water partition coefficient (Wildman–Crippen LogP) is 2.90. The first-order valence-electron chi connectivity index (χ1n) is 4.36. The summed E-state index contributed by atoms with van der Waals surface area (Å²) in [6.07, 6.45) is 0.786. The normalized spacial score (nSPS) is 14.4. The van der Waals surface area contributed by atoms with E-state index in [0.29, 0.717) is 16.6 Å². The van der Waals surface area contributed by atoms with Crippen LogP contribution in [0.4, 0.5) is 5.69 Å². The van der Waals surface area contributed by atoms with E-state index < -0.39 is 0 Å². The molecule has 4 heteroatoms. The lowest BCUT2D eigenvalue weighted by Gasteiger charge is -2.14. The summed E-state index contributed by atoms with van der Waals surface area (Å²) < 4.78 is 0. The van der Waals surface area contributed by atoms with Crippen molar-refractivity contribution in [3.8, 4) is 0 Å². The smallest absolute Gasteiger partial charge is 0.223 e. The van der Waals surface area contributed by atoms with E-state index in [1.165, 1.54) is 0 Å². The van der Waals surface area contributed by atoms with Crippen LogP contribution in [0.3, 0.4) is 0 Å². The zero-order chi connectivity index (χ0) is 10.3. The van der Waals surface area contributed by atoms with Crippen LogP contribution in [-0.4, -0.2) is 12.5 Å². The number of hydrogen-bond acceptors (Lipinski definition) is 1. The Hall–Kier alpha value is -0.730. The van der Waals surface area contributed by atoms with Crippen molar-refractivity contribution in [3.63, 3.8) is 0 Å². The van der Waals surface area contributed by atoms with E-state index in [1.807, 2.05) is 6.07 Å². The minimum Gasteiger partial charge on any atom is -0.312 e. The Bertz CT molecular complexity index is 403. The second kappa shape index (κ2) is 3.44. The Labute approximate surface area is 92.4 Å². The molecule has 14 heavy (non-hydrogen) atoms. The van der Waals surface area contributed by atoms with E-state index in [9.17, 15) is 4.79 Å².